The standard InChI is InChI=1S/C17H16BrNO/c1-20-15-8-9-16-14(11-15)7-10-17(18)19(16)12-13-5-3-2-4-6-13/h2-11,17H,12H2,1H3. The van der Waals surface area contributed by atoms with E-state index in [1.165, 1.54) is 16.8 Å². The molecule has 1 unspecified atom stereocenters. The number of halogens is 1. The van der Waals surface area contributed by atoms with Gasteiger partial charge < -0.3 is 9.64 Å². The number of nitrogens with zero attached hydrogens (tertiary/aromatic N) is 1. The Morgan fingerprint density at radius 2 is 1.95 bits per heavy atom. The van der Waals surface area contributed by atoms with Gasteiger partial charge in [-0.25, -0.2) is 0 Å². The Morgan fingerprint density at radius 3 is 2.70 bits per heavy atom. The summed E-state index contributed by atoms with van der Waals surface area (Å²) in [6.07, 6.45) is 4.30. The van der Waals surface area contributed by atoms with E-state index in [-0.39, 0.29) is 4.95 Å². The molecule has 0 spiro atoms. The van der Waals surface area contributed by atoms with Gasteiger partial charge in [-0.1, -0.05) is 58.4 Å². The Kier molecular flexibility index (Phi) is 3.79. The van der Waals surface area contributed by atoms with Crippen molar-refractivity contribution in [1.82, 2.24) is 0 Å². The van der Waals surface area contributed by atoms with Gasteiger partial charge in [0.25, 0.3) is 0 Å². The van der Waals surface area contributed by atoms with E-state index < -0.39 is 0 Å². The Morgan fingerprint density at radius 1 is 1.15 bits per heavy atom. The van der Waals surface area contributed by atoms with E-state index in [4.69, 9.17) is 4.74 Å². The van der Waals surface area contributed by atoms with Gasteiger partial charge in [0.1, 0.15) is 10.7 Å². The number of rotatable bonds is 3. The largest absolute Gasteiger partial charge is 0.497 e. The van der Waals surface area contributed by atoms with Crippen LogP contribution in [-0.4, -0.2) is 12.1 Å². The number of alkyl halides is 1. The van der Waals surface area contributed by atoms with Crippen LogP contribution >= 0.6 is 15.9 Å². The third-order valence-electron chi connectivity index (χ3n) is 3.47. The van der Waals surface area contributed by atoms with Crippen LogP contribution in [-0.2, 0) is 6.54 Å². The minimum Gasteiger partial charge on any atom is -0.497 e. The zero-order valence-corrected chi connectivity index (χ0v) is 12.9. The summed E-state index contributed by atoms with van der Waals surface area (Å²) >= 11 is 3.73. The zero-order chi connectivity index (χ0) is 13.9. The van der Waals surface area contributed by atoms with E-state index in [0.29, 0.717) is 0 Å². The quantitative estimate of drug-likeness (QED) is 0.609. The molecule has 0 radical (unpaired) electrons. The van der Waals surface area contributed by atoms with Crippen LogP contribution in [0.4, 0.5) is 5.69 Å². The lowest BCUT2D eigenvalue weighted by atomic mass is 10.1. The first-order valence-electron chi connectivity index (χ1n) is 6.59. The van der Waals surface area contributed by atoms with Gasteiger partial charge in [0.15, 0.2) is 0 Å². The molecule has 2 nitrogen and oxygen atoms in total. The molecule has 102 valence electrons. The third kappa shape index (κ3) is 2.59. The molecule has 0 aromatic heterocycles. The summed E-state index contributed by atoms with van der Waals surface area (Å²) in [5.41, 5.74) is 3.71. The maximum Gasteiger partial charge on any atom is 0.119 e. The van der Waals surface area contributed by atoms with E-state index in [0.717, 1.165) is 12.3 Å². The fraction of sp³-hybridized carbons (Fsp3) is 0.176. The van der Waals surface area contributed by atoms with Gasteiger partial charge in [0, 0.05) is 17.8 Å². The van der Waals surface area contributed by atoms with Crippen LogP contribution in [0.3, 0.4) is 0 Å². The molecular formula is C17H16BrNO. The average molecular weight is 330 g/mol. The fourth-order valence-corrected chi connectivity index (χ4v) is 2.94. The van der Waals surface area contributed by atoms with E-state index in [2.05, 4.69) is 69.4 Å². The molecule has 0 saturated carbocycles. The lowest BCUT2D eigenvalue weighted by Gasteiger charge is -2.33. The van der Waals surface area contributed by atoms with Gasteiger partial charge in [-0.05, 0) is 23.8 Å². The molecule has 0 bridgehead atoms. The highest BCUT2D eigenvalue weighted by Crippen LogP contribution is 2.34. The molecule has 20 heavy (non-hydrogen) atoms. The predicted molar refractivity (Wildman–Crippen MR) is 87.4 cm³/mol. The molecule has 2 aromatic carbocycles. The maximum atomic E-state index is 5.30. The Balaban J connectivity index is 1.94. The summed E-state index contributed by atoms with van der Waals surface area (Å²) in [5, 5.41) is 0. The fourth-order valence-electron chi connectivity index (χ4n) is 2.43. The van der Waals surface area contributed by atoms with Gasteiger partial charge in [-0.3, -0.25) is 0 Å². The lowest BCUT2D eigenvalue weighted by molar-refractivity contribution is 0.414. The molecule has 1 aliphatic heterocycles. The first kappa shape index (κ1) is 13.3. The van der Waals surface area contributed by atoms with Gasteiger partial charge in [0.2, 0.25) is 0 Å². The summed E-state index contributed by atoms with van der Waals surface area (Å²) in [7, 11) is 1.70. The van der Waals surface area contributed by atoms with E-state index in [1.54, 1.807) is 7.11 Å². The molecule has 2 aromatic rings. The average Bonchev–Trinajstić information content (AvgIpc) is 2.50. The Bertz CT molecular complexity index is 624. The van der Waals surface area contributed by atoms with Crippen molar-refractivity contribution >= 4 is 27.7 Å². The molecule has 0 fully saturated rings. The van der Waals surface area contributed by atoms with Crippen molar-refractivity contribution in [3.63, 3.8) is 0 Å². The molecular weight excluding hydrogens is 314 g/mol. The molecule has 1 aliphatic rings. The van der Waals surface area contributed by atoms with Gasteiger partial charge in [0.05, 0.1) is 7.11 Å². The Hall–Kier alpha value is -1.74. The third-order valence-corrected chi connectivity index (χ3v) is 4.27. The topological polar surface area (TPSA) is 12.5 Å². The molecule has 0 aliphatic carbocycles. The van der Waals surface area contributed by atoms with Crippen LogP contribution in [0.5, 0.6) is 5.75 Å². The summed E-state index contributed by atoms with van der Waals surface area (Å²) < 4.78 is 5.30. The Labute approximate surface area is 127 Å². The van der Waals surface area contributed by atoms with Crippen molar-refractivity contribution in [3.05, 3.63) is 65.7 Å². The minimum atomic E-state index is 0.212. The summed E-state index contributed by atoms with van der Waals surface area (Å²) in [6.45, 7) is 0.875. The number of anilines is 1. The molecule has 1 heterocycles. The molecule has 0 amide bonds. The van der Waals surface area contributed by atoms with Crippen LogP contribution in [0.25, 0.3) is 6.08 Å². The molecule has 3 rings (SSSR count). The highest BCUT2D eigenvalue weighted by Gasteiger charge is 2.20. The van der Waals surface area contributed by atoms with E-state index >= 15 is 0 Å². The summed E-state index contributed by atoms with van der Waals surface area (Å²) in [4.78, 5) is 2.55. The van der Waals surface area contributed by atoms with Gasteiger partial charge in [-0.2, -0.15) is 0 Å². The molecule has 0 saturated heterocycles. The second kappa shape index (κ2) is 5.71. The highest BCUT2D eigenvalue weighted by molar-refractivity contribution is 9.09. The first-order valence-corrected chi connectivity index (χ1v) is 7.50. The van der Waals surface area contributed by atoms with E-state index in [9.17, 15) is 0 Å². The van der Waals surface area contributed by atoms with Crippen LogP contribution < -0.4 is 9.64 Å². The second-order valence-electron chi connectivity index (χ2n) is 4.77. The van der Waals surface area contributed by atoms with Crippen molar-refractivity contribution in [3.8, 4) is 5.75 Å². The SMILES string of the molecule is COc1ccc2c(c1)C=CC(Br)N2Cc1ccccc1. The normalized spacial score (nSPS) is 16.9. The van der Waals surface area contributed by atoms with Crippen molar-refractivity contribution in [2.45, 2.75) is 11.5 Å². The van der Waals surface area contributed by atoms with Crippen molar-refractivity contribution in [1.29, 1.82) is 0 Å². The van der Waals surface area contributed by atoms with Crippen molar-refractivity contribution < 1.29 is 4.74 Å². The number of methoxy groups -OCH3 is 1. The van der Waals surface area contributed by atoms with Gasteiger partial charge >= 0.3 is 0 Å². The van der Waals surface area contributed by atoms with Crippen molar-refractivity contribution in [2.24, 2.45) is 0 Å². The van der Waals surface area contributed by atoms with Crippen LogP contribution in [0.15, 0.2) is 54.6 Å². The van der Waals surface area contributed by atoms with Crippen LogP contribution in [0.1, 0.15) is 11.1 Å². The molecule has 3 heteroatoms. The lowest BCUT2D eigenvalue weighted by Crippen LogP contribution is -2.31. The molecule has 1 atom stereocenters. The number of hydrogen-bond acceptors (Lipinski definition) is 2. The summed E-state index contributed by atoms with van der Waals surface area (Å²) in [5.74, 6) is 0.890. The van der Waals surface area contributed by atoms with E-state index in [1.807, 2.05) is 12.1 Å². The number of hydrogen-bond donors (Lipinski definition) is 0. The number of fused-ring (bicyclic) bond motifs is 1. The predicted octanol–water partition coefficient (Wildman–Crippen LogP) is 4.45. The van der Waals surface area contributed by atoms with Crippen molar-refractivity contribution in [2.75, 3.05) is 12.0 Å². The maximum absolute atomic E-state index is 5.30. The zero-order valence-electron chi connectivity index (χ0n) is 11.3. The van der Waals surface area contributed by atoms with Gasteiger partial charge in [-0.15, -0.1) is 0 Å². The molecule has 0 N–H and O–H groups in total. The van der Waals surface area contributed by atoms with Crippen LogP contribution in [0.2, 0.25) is 0 Å². The highest BCUT2D eigenvalue weighted by atomic mass is 79.9. The smallest absolute Gasteiger partial charge is 0.119 e. The second-order valence-corrected chi connectivity index (χ2v) is 5.71. The van der Waals surface area contributed by atoms with Crippen LogP contribution in [0, 0.1) is 0 Å². The number of benzene rings is 2. The number of ether oxygens (including phenoxy) is 1. The monoisotopic (exact) mass is 329 g/mol. The summed E-state index contributed by atoms with van der Waals surface area (Å²) in [6, 6.07) is 16.7. The first-order chi connectivity index (χ1) is 9.78. The minimum absolute atomic E-state index is 0.212.